The van der Waals surface area contributed by atoms with Gasteiger partial charge in [-0.05, 0) is 5.92 Å². The molecule has 0 aromatic carbocycles. The molecule has 0 bridgehead atoms. The van der Waals surface area contributed by atoms with E-state index in [1.807, 2.05) is 0 Å². The highest BCUT2D eigenvalue weighted by molar-refractivity contribution is 9.24. The van der Waals surface area contributed by atoms with Crippen LogP contribution in [0.25, 0.3) is 0 Å². The molecule has 1 aliphatic heterocycles. The Morgan fingerprint density at radius 1 is 1.33 bits per heavy atom. The predicted octanol–water partition coefficient (Wildman–Crippen LogP) is 4.36. The van der Waals surface area contributed by atoms with Crippen LogP contribution in [0.2, 0.25) is 12.6 Å². The lowest BCUT2D eigenvalue weighted by Crippen LogP contribution is -1.96. The minimum absolute atomic E-state index is 0.841. The van der Waals surface area contributed by atoms with Crippen LogP contribution in [0.5, 0.6) is 0 Å². The van der Waals surface area contributed by atoms with Crippen molar-refractivity contribution in [3.63, 3.8) is 0 Å². The zero-order chi connectivity index (χ0) is 8.81. The molecule has 0 aromatic heterocycles. The molecule has 1 rings (SSSR count). The molecule has 70 valence electrons. The van der Waals surface area contributed by atoms with E-state index in [1.165, 1.54) is 51.2 Å². The van der Waals surface area contributed by atoms with Crippen LogP contribution in [0.3, 0.4) is 0 Å². The minimum Gasteiger partial charge on any atom is -0.157 e. The Labute approximate surface area is 85.6 Å². The predicted molar refractivity (Wildman–Crippen MR) is 61.2 cm³/mol. The Morgan fingerprint density at radius 2 is 2.17 bits per heavy atom. The second-order valence-corrected chi connectivity index (χ2v) is 5.42. The highest BCUT2D eigenvalue weighted by Gasteiger charge is 2.24. The maximum absolute atomic E-state index is 3.70. The molecule has 2 heteroatoms. The Kier molecular flexibility index (Phi) is 5.37. The Morgan fingerprint density at radius 3 is 2.75 bits per heavy atom. The van der Waals surface area contributed by atoms with E-state index >= 15 is 0 Å². The monoisotopic (exact) mass is 230 g/mol. The summed E-state index contributed by atoms with van der Waals surface area (Å²) in [6.45, 7) is 2.28. The standard InChI is InChI=1S/C10H20BBr/c1-2-3-4-5-6-10-7-8-11(12)9-10/h10H,2-9H2,1H3/t10-/m1/s1. The normalized spacial score (nSPS) is 23.5. The van der Waals surface area contributed by atoms with Crippen molar-refractivity contribution in [1.82, 2.24) is 0 Å². The molecular formula is C10H20BBr. The maximum atomic E-state index is 3.70. The van der Waals surface area contributed by atoms with Gasteiger partial charge in [-0.1, -0.05) is 58.1 Å². The number of halogens is 1. The van der Waals surface area contributed by atoms with Crippen molar-refractivity contribution >= 4 is 21.3 Å². The lowest BCUT2D eigenvalue weighted by molar-refractivity contribution is 0.493. The smallest absolute Gasteiger partial charge is 0.157 e. The summed E-state index contributed by atoms with van der Waals surface area (Å²) in [6.07, 6.45) is 11.5. The average molecular weight is 231 g/mol. The summed E-state index contributed by atoms with van der Waals surface area (Å²) in [4.78, 5) is 0. The highest BCUT2D eigenvalue weighted by atomic mass is 79.9. The van der Waals surface area contributed by atoms with Crippen molar-refractivity contribution in [2.75, 3.05) is 0 Å². The summed E-state index contributed by atoms with van der Waals surface area (Å²) >= 11 is 3.70. The molecule has 1 saturated heterocycles. The number of hydrogen-bond donors (Lipinski definition) is 0. The third kappa shape index (κ3) is 3.98. The zero-order valence-corrected chi connectivity index (χ0v) is 9.78. The summed E-state index contributed by atoms with van der Waals surface area (Å²) in [5.41, 5.74) is 0.841. The van der Waals surface area contributed by atoms with Gasteiger partial charge in [0, 0.05) is 0 Å². The van der Waals surface area contributed by atoms with Gasteiger partial charge in [-0.3, -0.25) is 0 Å². The van der Waals surface area contributed by atoms with Crippen LogP contribution in [-0.4, -0.2) is 5.54 Å². The first-order valence-corrected chi connectivity index (χ1v) is 6.38. The number of hydrogen-bond acceptors (Lipinski definition) is 0. The molecule has 1 heterocycles. The fourth-order valence-electron chi connectivity index (χ4n) is 2.14. The van der Waals surface area contributed by atoms with E-state index in [9.17, 15) is 0 Å². The van der Waals surface area contributed by atoms with E-state index in [2.05, 4.69) is 22.7 Å². The molecule has 1 atom stereocenters. The number of unbranched alkanes of at least 4 members (excludes halogenated alkanes) is 3. The molecule has 12 heavy (non-hydrogen) atoms. The van der Waals surface area contributed by atoms with Crippen LogP contribution in [-0.2, 0) is 0 Å². The highest BCUT2D eigenvalue weighted by Crippen LogP contribution is 2.33. The summed E-state index contributed by atoms with van der Waals surface area (Å²) in [5, 5.41) is 0. The molecule has 0 amide bonds. The van der Waals surface area contributed by atoms with Crippen molar-refractivity contribution in [3.05, 3.63) is 0 Å². The maximum Gasteiger partial charge on any atom is 0.223 e. The van der Waals surface area contributed by atoms with Crippen LogP contribution in [0.15, 0.2) is 0 Å². The molecule has 0 unspecified atom stereocenters. The van der Waals surface area contributed by atoms with E-state index in [0.717, 1.165) is 11.5 Å². The fraction of sp³-hybridized carbons (Fsp3) is 1.00. The van der Waals surface area contributed by atoms with E-state index in [4.69, 9.17) is 0 Å². The van der Waals surface area contributed by atoms with Crippen LogP contribution in [0.4, 0.5) is 0 Å². The first-order chi connectivity index (χ1) is 5.83. The third-order valence-electron chi connectivity index (χ3n) is 2.94. The van der Waals surface area contributed by atoms with Crippen LogP contribution in [0.1, 0.15) is 45.4 Å². The van der Waals surface area contributed by atoms with E-state index in [-0.39, 0.29) is 0 Å². The van der Waals surface area contributed by atoms with Crippen LogP contribution >= 0.6 is 15.8 Å². The lowest BCUT2D eigenvalue weighted by atomic mass is 9.75. The van der Waals surface area contributed by atoms with E-state index in [0.29, 0.717) is 0 Å². The van der Waals surface area contributed by atoms with Crippen molar-refractivity contribution in [1.29, 1.82) is 0 Å². The average Bonchev–Trinajstić information content (AvgIpc) is 2.45. The summed E-state index contributed by atoms with van der Waals surface area (Å²) in [5.74, 6) is 1.05. The molecule has 1 aliphatic rings. The minimum atomic E-state index is 0.841. The first-order valence-electron chi connectivity index (χ1n) is 5.47. The zero-order valence-electron chi connectivity index (χ0n) is 8.19. The molecule has 0 N–H and O–H groups in total. The van der Waals surface area contributed by atoms with Crippen LogP contribution in [0, 0.1) is 5.92 Å². The first kappa shape index (κ1) is 10.6. The Hall–Kier alpha value is 0.545. The van der Waals surface area contributed by atoms with Gasteiger partial charge in [0.15, 0.2) is 0 Å². The van der Waals surface area contributed by atoms with Gasteiger partial charge in [0.05, 0.1) is 0 Å². The van der Waals surface area contributed by atoms with Crippen LogP contribution < -0.4 is 0 Å². The van der Waals surface area contributed by atoms with Crippen molar-refractivity contribution < 1.29 is 0 Å². The number of rotatable bonds is 5. The Balaban J connectivity index is 1.93. The third-order valence-corrected chi connectivity index (χ3v) is 3.77. The molecule has 0 nitrogen and oxygen atoms in total. The molecule has 0 aromatic rings. The van der Waals surface area contributed by atoms with Crippen molar-refractivity contribution in [3.8, 4) is 0 Å². The second-order valence-electron chi connectivity index (χ2n) is 4.13. The SMILES string of the molecule is CCCCCC[C@@H]1CCB(Br)C1. The van der Waals surface area contributed by atoms with Crippen molar-refractivity contribution in [2.24, 2.45) is 5.92 Å². The molecule has 1 fully saturated rings. The van der Waals surface area contributed by atoms with E-state index in [1.54, 1.807) is 0 Å². The quantitative estimate of drug-likeness (QED) is 0.487. The topological polar surface area (TPSA) is 0 Å². The van der Waals surface area contributed by atoms with E-state index < -0.39 is 0 Å². The summed E-state index contributed by atoms with van der Waals surface area (Å²) in [6, 6.07) is 0. The lowest BCUT2D eigenvalue weighted by Gasteiger charge is -2.07. The van der Waals surface area contributed by atoms with Gasteiger partial charge >= 0.3 is 0 Å². The van der Waals surface area contributed by atoms with Gasteiger partial charge < -0.3 is 0 Å². The molecule has 0 spiro atoms. The van der Waals surface area contributed by atoms with Gasteiger partial charge in [0.2, 0.25) is 5.54 Å². The largest absolute Gasteiger partial charge is 0.223 e. The van der Waals surface area contributed by atoms with Gasteiger partial charge in [-0.15, -0.1) is 0 Å². The molecule has 0 saturated carbocycles. The second kappa shape index (κ2) is 6.07. The molecule has 0 aliphatic carbocycles. The Bertz CT molecular complexity index is 116. The fourth-order valence-corrected chi connectivity index (χ4v) is 2.93. The van der Waals surface area contributed by atoms with Gasteiger partial charge in [0.1, 0.15) is 0 Å². The van der Waals surface area contributed by atoms with Gasteiger partial charge in [0.25, 0.3) is 0 Å². The van der Waals surface area contributed by atoms with Gasteiger partial charge in [-0.25, -0.2) is 0 Å². The molecular weight excluding hydrogens is 211 g/mol. The summed E-state index contributed by atoms with van der Waals surface area (Å²) in [7, 11) is 0. The van der Waals surface area contributed by atoms with Crippen molar-refractivity contribution in [2.45, 2.75) is 58.1 Å². The molecule has 0 radical (unpaired) electrons. The summed E-state index contributed by atoms with van der Waals surface area (Å²) < 4.78 is 0. The van der Waals surface area contributed by atoms with Gasteiger partial charge in [-0.2, -0.15) is 15.8 Å².